The lowest BCUT2D eigenvalue weighted by Crippen LogP contribution is -2.05. The summed E-state index contributed by atoms with van der Waals surface area (Å²) in [6, 6.07) is 12.3. The summed E-state index contributed by atoms with van der Waals surface area (Å²) in [5.74, 6) is -3.01. The molecule has 0 bridgehead atoms. The third-order valence-corrected chi connectivity index (χ3v) is 9.68. The zero-order valence-electron chi connectivity index (χ0n) is 51.3. The molecule has 0 unspecified atom stereocenters. The number of para-hydroxylation sites is 1. The molecule has 286 valence electrons. The van der Waals surface area contributed by atoms with Crippen molar-refractivity contribution in [3.05, 3.63) is 212 Å². The largest absolute Gasteiger partial charge is 0.308 e. The van der Waals surface area contributed by atoms with Gasteiger partial charge in [0.25, 0.3) is 0 Å². The molecule has 0 radical (unpaired) electrons. The summed E-state index contributed by atoms with van der Waals surface area (Å²) in [5.41, 5.74) is 1.12. The number of fused-ring (bicyclic) bond motifs is 3. The van der Waals surface area contributed by atoms with Crippen molar-refractivity contribution in [3.8, 4) is 85.1 Å². The zero-order valence-corrected chi connectivity index (χ0v) is 31.3. The van der Waals surface area contributed by atoms with Crippen LogP contribution in [0.25, 0.3) is 107 Å². The van der Waals surface area contributed by atoms with E-state index in [1.54, 1.807) is 6.07 Å². The predicted octanol–water partition coefficient (Wildman–Crippen LogP) is 12.8. The number of aromatic nitrogens is 7. The fourth-order valence-corrected chi connectivity index (χ4v) is 7.08. The predicted molar refractivity (Wildman–Crippen MR) is 246 cm³/mol. The SMILES string of the molecule is [2H]c1c([2H])c([2H])c(-c2nc(-c3ccc(-n4c5ccccc5c5c(-c6ccccc6)cccc54)c(-c4nc(-c5c([2H])c([2H])c([2H])c([2H])c5[2H])nc(-c5c([2H])c([2H])c([2H])c([2H])c5[2H])n4)c3)nc(-c3c([2H])c([2H])c([2H])c([2H])c3[2H])n2)c([2H])c1[2H]. The van der Waals surface area contributed by atoms with E-state index in [0.717, 1.165) is 21.9 Å². The van der Waals surface area contributed by atoms with E-state index >= 15 is 0 Å². The Morgan fingerprint density at radius 3 is 1.30 bits per heavy atom. The molecule has 7 heteroatoms. The highest BCUT2D eigenvalue weighted by Crippen LogP contribution is 2.41. The molecule has 7 nitrogen and oxygen atoms in total. The smallest absolute Gasteiger partial charge is 0.166 e. The van der Waals surface area contributed by atoms with Gasteiger partial charge in [-0.3, -0.25) is 0 Å². The standard InChI is InChI=1S/C54H35N7/c1-6-19-36(20-7-1)42-30-18-32-47-48(42)43-29-16-17-31-45(43)61(47)46-34-33-41(53-57-49(37-21-8-2-9-22-37)55-50(58-53)38-23-10-3-11-24-38)35-44(46)54-59-51(39-25-12-4-13-26-39)56-52(60-54)40-27-14-5-15-28-40/h1-35H/i2D,3D,4D,5D,8D,9D,10D,11D,12D,13D,14D,15D,21D,22D,23D,24D,25D,26D,27D,28D. The third kappa shape index (κ3) is 6.70. The lowest BCUT2D eigenvalue weighted by molar-refractivity contribution is 1.06. The fourth-order valence-electron chi connectivity index (χ4n) is 7.08. The minimum absolute atomic E-state index is 0.000897. The average Bonchev–Trinajstić information content (AvgIpc) is 3.31. The summed E-state index contributed by atoms with van der Waals surface area (Å²) < 4.78 is 175. The Morgan fingerprint density at radius 2 is 0.770 bits per heavy atom. The minimum Gasteiger partial charge on any atom is -0.308 e. The summed E-state index contributed by atoms with van der Waals surface area (Å²) >= 11 is 0. The van der Waals surface area contributed by atoms with Crippen LogP contribution in [0.1, 0.15) is 27.4 Å². The van der Waals surface area contributed by atoms with E-state index in [1.165, 1.54) is 12.1 Å². The second kappa shape index (κ2) is 15.4. The number of benzene rings is 8. The molecule has 0 N–H and O–H groups in total. The number of rotatable bonds is 8. The van der Waals surface area contributed by atoms with Gasteiger partial charge in [-0.25, -0.2) is 29.9 Å². The van der Waals surface area contributed by atoms with Gasteiger partial charge in [-0.15, -0.1) is 0 Å². The molecule has 11 rings (SSSR count). The van der Waals surface area contributed by atoms with Gasteiger partial charge < -0.3 is 4.57 Å². The molecule has 11 aromatic rings. The molecule has 8 aromatic carbocycles. The summed E-state index contributed by atoms with van der Waals surface area (Å²) in [6.45, 7) is 0. The number of nitrogens with zero attached hydrogens (tertiary/aromatic N) is 7. The van der Waals surface area contributed by atoms with Gasteiger partial charge in [0.05, 0.1) is 44.1 Å². The van der Waals surface area contributed by atoms with E-state index in [2.05, 4.69) is 19.9 Å². The summed E-state index contributed by atoms with van der Waals surface area (Å²) in [7, 11) is 0. The first-order chi connectivity index (χ1) is 38.5. The molecule has 0 aliphatic carbocycles. The van der Waals surface area contributed by atoms with Gasteiger partial charge in [0.15, 0.2) is 34.9 Å². The maximum absolute atomic E-state index is 9.02. The lowest BCUT2D eigenvalue weighted by Gasteiger charge is -2.16. The van der Waals surface area contributed by atoms with E-state index in [4.69, 9.17) is 37.4 Å². The normalized spacial score (nSPS) is 15.9. The van der Waals surface area contributed by atoms with E-state index in [1.807, 2.05) is 77.4 Å². The van der Waals surface area contributed by atoms with Crippen LogP contribution in [0, 0.1) is 0 Å². The van der Waals surface area contributed by atoms with Crippen LogP contribution in [-0.4, -0.2) is 34.5 Å². The minimum atomic E-state index is -0.765. The molecule has 0 amide bonds. The summed E-state index contributed by atoms with van der Waals surface area (Å²) in [6.07, 6.45) is 0. The van der Waals surface area contributed by atoms with Gasteiger partial charge in [-0.1, -0.05) is 182 Å². The van der Waals surface area contributed by atoms with Crippen LogP contribution in [0.2, 0.25) is 0 Å². The second-order valence-electron chi connectivity index (χ2n) is 13.3. The summed E-state index contributed by atoms with van der Waals surface area (Å²) in [4.78, 5) is 27.8. The Morgan fingerprint density at radius 1 is 0.328 bits per heavy atom. The highest BCUT2D eigenvalue weighted by molar-refractivity contribution is 6.16. The molecule has 61 heavy (non-hydrogen) atoms. The van der Waals surface area contributed by atoms with Crippen molar-refractivity contribution >= 4 is 21.8 Å². The number of hydrogen-bond acceptors (Lipinski definition) is 6. The van der Waals surface area contributed by atoms with Crippen LogP contribution in [0.3, 0.4) is 0 Å². The van der Waals surface area contributed by atoms with Crippen LogP contribution >= 0.6 is 0 Å². The molecule has 0 saturated carbocycles. The van der Waals surface area contributed by atoms with Crippen molar-refractivity contribution < 1.29 is 27.4 Å². The van der Waals surface area contributed by atoms with Crippen molar-refractivity contribution in [2.75, 3.05) is 0 Å². The van der Waals surface area contributed by atoms with Gasteiger partial charge in [-0.2, -0.15) is 0 Å². The second-order valence-corrected chi connectivity index (χ2v) is 13.3. The van der Waals surface area contributed by atoms with E-state index in [-0.39, 0.29) is 28.5 Å². The average molecular weight is 802 g/mol. The van der Waals surface area contributed by atoms with E-state index < -0.39 is 166 Å². The Balaban J connectivity index is 1.31. The first-order valence-electron chi connectivity index (χ1n) is 28.6. The van der Waals surface area contributed by atoms with E-state index in [0.29, 0.717) is 11.0 Å². The van der Waals surface area contributed by atoms with E-state index in [9.17, 15) is 0 Å². The number of hydrogen-bond donors (Lipinski definition) is 0. The first kappa shape index (κ1) is 20.5. The third-order valence-electron chi connectivity index (χ3n) is 9.68. The molecule has 0 aliphatic heterocycles. The molecule has 0 spiro atoms. The van der Waals surface area contributed by atoms with Crippen LogP contribution in [0.15, 0.2) is 212 Å². The van der Waals surface area contributed by atoms with Crippen molar-refractivity contribution in [2.24, 2.45) is 0 Å². The fraction of sp³-hybridized carbons (Fsp3) is 0. The molecule has 0 aliphatic rings. The maximum atomic E-state index is 9.02. The van der Waals surface area contributed by atoms with Crippen molar-refractivity contribution in [1.29, 1.82) is 0 Å². The highest BCUT2D eigenvalue weighted by Gasteiger charge is 2.23. The summed E-state index contributed by atoms with van der Waals surface area (Å²) in [5, 5.41) is 1.58. The van der Waals surface area contributed by atoms with Crippen molar-refractivity contribution in [2.45, 2.75) is 0 Å². The Hall–Kier alpha value is -8.42. The molecule has 0 fully saturated rings. The van der Waals surface area contributed by atoms with Gasteiger partial charge in [0.2, 0.25) is 0 Å². The van der Waals surface area contributed by atoms with Gasteiger partial charge in [0, 0.05) is 44.2 Å². The Bertz CT molecular complexity index is 4260. The molecule has 3 heterocycles. The van der Waals surface area contributed by atoms with Crippen molar-refractivity contribution in [1.82, 2.24) is 34.5 Å². The topological polar surface area (TPSA) is 82.3 Å². The zero-order chi connectivity index (χ0) is 57.9. The quantitative estimate of drug-likeness (QED) is 0.152. The maximum Gasteiger partial charge on any atom is 0.166 e. The first-order valence-corrected chi connectivity index (χ1v) is 18.6. The Labute approximate surface area is 380 Å². The highest BCUT2D eigenvalue weighted by atomic mass is 15.1. The van der Waals surface area contributed by atoms with Crippen LogP contribution in [0.4, 0.5) is 0 Å². The monoisotopic (exact) mass is 801 g/mol. The van der Waals surface area contributed by atoms with Crippen molar-refractivity contribution in [3.63, 3.8) is 0 Å². The van der Waals surface area contributed by atoms with Gasteiger partial charge >= 0.3 is 0 Å². The molecule has 0 atom stereocenters. The molecule has 0 saturated heterocycles. The molecular weight excluding hydrogens is 747 g/mol. The van der Waals surface area contributed by atoms with Gasteiger partial charge in [-0.05, 0) is 41.5 Å². The van der Waals surface area contributed by atoms with Crippen LogP contribution in [-0.2, 0) is 0 Å². The van der Waals surface area contributed by atoms with Gasteiger partial charge in [0.1, 0.15) is 0 Å². The van der Waals surface area contributed by atoms with Crippen LogP contribution in [0.5, 0.6) is 0 Å². The lowest BCUT2D eigenvalue weighted by atomic mass is 9.99. The Kier molecular flexibility index (Phi) is 5.18. The van der Waals surface area contributed by atoms with Crippen LogP contribution < -0.4 is 0 Å². The molecular formula is C54H35N7. The molecule has 3 aromatic heterocycles.